The Labute approximate surface area is 167 Å². The maximum Gasteiger partial charge on any atom is 0.261 e. The minimum atomic E-state index is -0.258. The van der Waals surface area contributed by atoms with Gasteiger partial charge in [0.15, 0.2) is 4.77 Å². The molecule has 0 bridgehead atoms. The molecule has 28 heavy (non-hydrogen) atoms. The van der Waals surface area contributed by atoms with Crippen molar-refractivity contribution >= 4 is 34.7 Å². The Morgan fingerprint density at radius 2 is 1.89 bits per heavy atom. The molecule has 3 aromatic rings. The Balaban J connectivity index is 1.50. The number of nitrogens with zero attached hydrogens (tertiary/aromatic N) is 1. The monoisotopic (exact) mass is 395 g/mol. The molecule has 1 amide bonds. The van der Waals surface area contributed by atoms with Gasteiger partial charge < -0.3 is 15.0 Å². The summed E-state index contributed by atoms with van der Waals surface area (Å²) in [6.45, 7) is 0. The van der Waals surface area contributed by atoms with E-state index in [4.69, 9.17) is 17.0 Å². The highest BCUT2D eigenvalue weighted by Crippen LogP contribution is 2.25. The predicted molar refractivity (Wildman–Crippen MR) is 112 cm³/mol. The number of benzene rings is 2. The number of ether oxygens (including phenoxy) is 1. The normalized spacial score (nSPS) is 14.3. The number of carbonyl (C=O) groups excluding carboxylic acids is 1. The lowest BCUT2D eigenvalue weighted by Crippen LogP contribution is -2.19. The summed E-state index contributed by atoms with van der Waals surface area (Å²) in [7, 11) is 1.61. The summed E-state index contributed by atoms with van der Waals surface area (Å²) < 4.78 is 7.62. The summed E-state index contributed by atoms with van der Waals surface area (Å²) >= 11 is 5.14. The number of amides is 1. The molecule has 1 aliphatic rings. The molecule has 1 heterocycles. The van der Waals surface area contributed by atoms with Crippen molar-refractivity contribution in [2.45, 2.75) is 31.8 Å². The molecule has 0 spiro atoms. The molecular weight excluding hydrogens is 374 g/mol. The van der Waals surface area contributed by atoms with Gasteiger partial charge in [-0.15, -0.1) is 0 Å². The van der Waals surface area contributed by atoms with Crippen LogP contribution in [0.1, 0.15) is 36.0 Å². The van der Waals surface area contributed by atoms with Crippen molar-refractivity contribution in [2.24, 2.45) is 7.05 Å². The van der Waals surface area contributed by atoms with E-state index in [2.05, 4.69) is 10.3 Å². The second kappa shape index (κ2) is 7.59. The summed E-state index contributed by atoms with van der Waals surface area (Å²) in [6.07, 6.45) is 4.96. The summed E-state index contributed by atoms with van der Waals surface area (Å²) in [5.74, 6) is 0.561. The molecule has 7 heteroatoms. The van der Waals surface area contributed by atoms with Crippen molar-refractivity contribution in [3.63, 3.8) is 0 Å². The number of hydrogen-bond acceptors (Lipinski definition) is 4. The van der Waals surface area contributed by atoms with Crippen LogP contribution in [0.3, 0.4) is 0 Å². The summed E-state index contributed by atoms with van der Waals surface area (Å²) in [5, 5.41) is 3.35. The standard InChI is InChI=1S/C21H21N3O3S/c1-24-20(26)17-11-6-13(12-18(17)23-21(24)28)19(25)22-14-7-9-16(10-8-14)27-15-4-2-3-5-15/h6-12,15H,2-5H2,1H3,(H,22,25)(H,23,28). The first-order chi connectivity index (χ1) is 13.5. The third-order valence-electron chi connectivity index (χ3n) is 5.08. The third kappa shape index (κ3) is 3.71. The van der Waals surface area contributed by atoms with Crippen molar-refractivity contribution in [1.82, 2.24) is 9.55 Å². The van der Waals surface area contributed by atoms with E-state index in [-0.39, 0.29) is 11.5 Å². The van der Waals surface area contributed by atoms with Crippen molar-refractivity contribution in [2.75, 3.05) is 5.32 Å². The number of hydrogen-bond donors (Lipinski definition) is 2. The number of carbonyl (C=O) groups is 1. The van der Waals surface area contributed by atoms with Gasteiger partial charge >= 0.3 is 0 Å². The van der Waals surface area contributed by atoms with E-state index in [1.807, 2.05) is 24.3 Å². The minimum absolute atomic E-state index is 0.191. The number of fused-ring (bicyclic) bond motifs is 1. The van der Waals surface area contributed by atoms with E-state index < -0.39 is 0 Å². The van der Waals surface area contributed by atoms with Crippen LogP contribution < -0.4 is 15.6 Å². The first-order valence-electron chi connectivity index (χ1n) is 9.32. The number of aromatic nitrogens is 2. The fourth-order valence-electron chi connectivity index (χ4n) is 3.47. The molecule has 0 atom stereocenters. The van der Waals surface area contributed by atoms with Gasteiger partial charge in [-0.05, 0) is 80.4 Å². The lowest BCUT2D eigenvalue weighted by Gasteiger charge is -2.13. The molecule has 2 aromatic carbocycles. The molecule has 2 N–H and O–H groups in total. The summed E-state index contributed by atoms with van der Waals surface area (Å²) in [4.78, 5) is 27.8. The lowest BCUT2D eigenvalue weighted by atomic mass is 10.1. The largest absolute Gasteiger partial charge is 0.490 e. The predicted octanol–water partition coefficient (Wildman–Crippen LogP) is 4.17. The van der Waals surface area contributed by atoms with Crippen molar-refractivity contribution in [3.8, 4) is 5.75 Å². The minimum Gasteiger partial charge on any atom is -0.490 e. The van der Waals surface area contributed by atoms with Gasteiger partial charge in [-0.1, -0.05) is 0 Å². The molecule has 1 saturated carbocycles. The van der Waals surface area contributed by atoms with E-state index >= 15 is 0 Å². The lowest BCUT2D eigenvalue weighted by molar-refractivity contribution is 0.102. The van der Waals surface area contributed by atoms with Gasteiger partial charge in [0.1, 0.15) is 5.75 Å². The van der Waals surface area contributed by atoms with E-state index in [1.54, 1.807) is 25.2 Å². The molecule has 1 aliphatic carbocycles. The topological polar surface area (TPSA) is 76.1 Å². The van der Waals surface area contributed by atoms with Gasteiger partial charge in [0.25, 0.3) is 11.5 Å². The van der Waals surface area contributed by atoms with Crippen molar-refractivity contribution < 1.29 is 9.53 Å². The number of H-pyrrole nitrogens is 1. The smallest absolute Gasteiger partial charge is 0.261 e. The van der Waals surface area contributed by atoms with Crippen LogP contribution in [0.25, 0.3) is 10.9 Å². The highest BCUT2D eigenvalue weighted by atomic mass is 32.1. The van der Waals surface area contributed by atoms with Crippen LogP contribution in [0.2, 0.25) is 0 Å². The number of rotatable bonds is 4. The molecule has 0 unspecified atom stereocenters. The highest BCUT2D eigenvalue weighted by Gasteiger charge is 2.16. The van der Waals surface area contributed by atoms with E-state index in [1.165, 1.54) is 17.4 Å². The zero-order valence-electron chi connectivity index (χ0n) is 15.5. The zero-order chi connectivity index (χ0) is 19.7. The first-order valence-corrected chi connectivity index (χ1v) is 9.73. The Morgan fingerprint density at radius 1 is 1.18 bits per heavy atom. The molecule has 1 aromatic heterocycles. The van der Waals surface area contributed by atoms with Gasteiger partial charge in [0, 0.05) is 18.3 Å². The molecule has 0 saturated heterocycles. The van der Waals surface area contributed by atoms with Crippen LogP contribution in [-0.4, -0.2) is 21.6 Å². The number of aromatic amines is 1. The maximum atomic E-state index is 12.6. The Bertz CT molecular complexity index is 1140. The van der Waals surface area contributed by atoms with Crippen LogP contribution in [0, 0.1) is 4.77 Å². The Hall–Kier alpha value is -2.93. The quantitative estimate of drug-likeness (QED) is 0.650. The summed E-state index contributed by atoms with van der Waals surface area (Å²) in [6, 6.07) is 12.3. The second-order valence-electron chi connectivity index (χ2n) is 7.06. The van der Waals surface area contributed by atoms with Gasteiger partial charge in [-0.2, -0.15) is 0 Å². The van der Waals surface area contributed by atoms with Crippen LogP contribution in [-0.2, 0) is 7.05 Å². The first kappa shape index (κ1) is 18.4. The van der Waals surface area contributed by atoms with Crippen LogP contribution in [0.15, 0.2) is 47.3 Å². The maximum absolute atomic E-state index is 12.6. The molecule has 6 nitrogen and oxygen atoms in total. The van der Waals surface area contributed by atoms with Gasteiger partial charge in [-0.25, -0.2) is 0 Å². The van der Waals surface area contributed by atoms with Crippen LogP contribution in [0.4, 0.5) is 5.69 Å². The fraction of sp³-hybridized carbons (Fsp3) is 0.286. The second-order valence-corrected chi connectivity index (χ2v) is 7.44. The third-order valence-corrected chi connectivity index (χ3v) is 5.46. The van der Waals surface area contributed by atoms with E-state index in [0.717, 1.165) is 18.6 Å². The molecule has 0 aliphatic heterocycles. The molecule has 144 valence electrons. The SMILES string of the molecule is Cn1c(=S)[nH]c2cc(C(=O)Nc3ccc(OC4CCCC4)cc3)ccc2c1=O. The average Bonchev–Trinajstić information content (AvgIpc) is 3.20. The van der Waals surface area contributed by atoms with Gasteiger partial charge in [-0.3, -0.25) is 14.2 Å². The molecule has 0 radical (unpaired) electrons. The summed E-state index contributed by atoms with van der Waals surface area (Å²) in [5.41, 5.74) is 1.48. The van der Waals surface area contributed by atoms with Gasteiger partial charge in [0.2, 0.25) is 0 Å². The number of anilines is 1. The Morgan fingerprint density at radius 3 is 2.61 bits per heavy atom. The van der Waals surface area contributed by atoms with Crippen LogP contribution >= 0.6 is 12.2 Å². The zero-order valence-corrected chi connectivity index (χ0v) is 16.3. The average molecular weight is 395 g/mol. The van der Waals surface area contributed by atoms with E-state index in [9.17, 15) is 9.59 Å². The van der Waals surface area contributed by atoms with Crippen molar-refractivity contribution in [1.29, 1.82) is 0 Å². The molecule has 1 fully saturated rings. The van der Waals surface area contributed by atoms with Crippen molar-refractivity contribution in [3.05, 3.63) is 63.2 Å². The highest BCUT2D eigenvalue weighted by molar-refractivity contribution is 7.71. The van der Waals surface area contributed by atoms with Crippen LogP contribution in [0.5, 0.6) is 5.75 Å². The van der Waals surface area contributed by atoms with E-state index in [0.29, 0.717) is 33.0 Å². The fourth-order valence-corrected chi connectivity index (χ4v) is 3.66. The van der Waals surface area contributed by atoms with Gasteiger partial charge in [0.05, 0.1) is 17.0 Å². The molecule has 4 rings (SSSR count). The Kier molecular flexibility index (Phi) is 5.00. The number of nitrogens with one attached hydrogen (secondary N) is 2. The molecular formula is C21H21N3O3S.